The van der Waals surface area contributed by atoms with Crippen molar-refractivity contribution >= 4 is 0 Å². The number of nitrogens with zero attached hydrogens (tertiary/aromatic N) is 2. The molecule has 0 amide bonds. The molecule has 0 N–H and O–H groups in total. The lowest BCUT2D eigenvalue weighted by atomic mass is 9.94. The predicted octanol–water partition coefficient (Wildman–Crippen LogP) is 2.61. The Morgan fingerprint density at radius 1 is 0.895 bits per heavy atom. The zero-order valence-electron chi connectivity index (χ0n) is 12.8. The van der Waals surface area contributed by atoms with E-state index in [0.717, 1.165) is 19.1 Å². The maximum absolute atomic E-state index is 5.47. The van der Waals surface area contributed by atoms with Crippen molar-refractivity contribution in [2.45, 2.75) is 45.4 Å². The van der Waals surface area contributed by atoms with Crippen LogP contribution in [0.2, 0.25) is 0 Å². The summed E-state index contributed by atoms with van der Waals surface area (Å²) in [6.07, 6.45) is 8.31. The van der Waals surface area contributed by atoms with E-state index in [1.807, 2.05) is 0 Å². The minimum absolute atomic E-state index is 0.870. The number of hydrogen-bond donors (Lipinski definition) is 0. The maximum Gasteiger partial charge on any atom is 0.0468 e. The number of rotatable bonds is 7. The molecule has 0 spiro atoms. The van der Waals surface area contributed by atoms with Gasteiger partial charge in [-0.2, -0.15) is 0 Å². The summed E-state index contributed by atoms with van der Waals surface area (Å²) in [5, 5.41) is 0. The Morgan fingerprint density at radius 3 is 2.16 bits per heavy atom. The van der Waals surface area contributed by atoms with Crippen molar-refractivity contribution in [2.24, 2.45) is 5.92 Å². The molecule has 2 rings (SSSR count). The Bertz CT molecular complexity index is 221. The van der Waals surface area contributed by atoms with E-state index < -0.39 is 0 Å². The van der Waals surface area contributed by atoms with Gasteiger partial charge in [-0.3, -0.25) is 0 Å². The second-order valence-corrected chi connectivity index (χ2v) is 6.17. The fourth-order valence-electron chi connectivity index (χ4n) is 3.36. The summed E-state index contributed by atoms with van der Waals surface area (Å²) >= 11 is 0. The molecule has 19 heavy (non-hydrogen) atoms. The Morgan fingerprint density at radius 2 is 1.53 bits per heavy atom. The maximum atomic E-state index is 5.47. The SMILES string of the molecule is CCOCCC1CCN(CCN2CCCCC2)CC1. The quantitative estimate of drug-likeness (QED) is 0.660. The predicted molar refractivity (Wildman–Crippen MR) is 80.6 cm³/mol. The van der Waals surface area contributed by atoms with Gasteiger partial charge in [0, 0.05) is 26.3 Å². The van der Waals surface area contributed by atoms with Gasteiger partial charge in [0.15, 0.2) is 0 Å². The van der Waals surface area contributed by atoms with Gasteiger partial charge in [0.25, 0.3) is 0 Å². The standard InChI is InChI=1S/C16H32N2O/c1-2-19-15-8-16-6-11-18(12-7-16)14-13-17-9-4-3-5-10-17/h16H,2-15H2,1H3. The highest BCUT2D eigenvalue weighted by Gasteiger charge is 2.19. The van der Waals surface area contributed by atoms with Crippen LogP contribution in [0.3, 0.4) is 0 Å². The number of piperidine rings is 2. The van der Waals surface area contributed by atoms with E-state index in [1.165, 1.54) is 77.8 Å². The smallest absolute Gasteiger partial charge is 0.0468 e. The van der Waals surface area contributed by atoms with Crippen molar-refractivity contribution in [1.82, 2.24) is 9.80 Å². The lowest BCUT2D eigenvalue weighted by Gasteiger charge is -2.34. The Kier molecular flexibility index (Phi) is 7.18. The largest absolute Gasteiger partial charge is 0.382 e. The van der Waals surface area contributed by atoms with Crippen LogP contribution in [0.1, 0.15) is 45.4 Å². The van der Waals surface area contributed by atoms with Crippen LogP contribution in [-0.4, -0.2) is 62.3 Å². The van der Waals surface area contributed by atoms with Crippen molar-refractivity contribution in [3.05, 3.63) is 0 Å². The van der Waals surface area contributed by atoms with Crippen LogP contribution in [-0.2, 0) is 4.74 Å². The summed E-state index contributed by atoms with van der Waals surface area (Å²) in [6, 6.07) is 0. The first-order chi connectivity index (χ1) is 9.38. The summed E-state index contributed by atoms with van der Waals surface area (Å²) in [4.78, 5) is 5.33. The van der Waals surface area contributed by atoms with E-state index >= 15 is 0 Å². The molecule has 2 fully saturated rings. The van der Waals surface area contributed by atoms with Gasteiger partial charge in [-0.1, -0.05) is 6.42 Å². The molecule has 0 aromatic heterocycles. The molecule has 0 radical (unpaired) electrons. The van der Waals surface area contributed by atoms with E-state index in [0.29, 0.717) is 0 Å². The van der Waals surface area contributed by atoms with Crippen LogP contribution in [0.5, 0.6) is 0 Å². The highest BCUT2D eigenvalue weighted by molar-refractivity contribution is 4.74. The molecule has 2 saturated heterocycles. The van der Waals surface area contributed by atoms with Crippen LogP contribution in [0.15, 0.2) is 0 Å². The van der Waals surface area contributed by atoms with E-state index in [1.54, 1.807) is 0 Å². The molecular formula is C16H32N2O. The Labute approximate surface area is 119 Å². The van der Waals surface area contributed by atoms with Crippen LogP contribution < -0.4 is 0 Å². The first-order valence-electron chi connectivity index (χ1n) is 8.41. The van der Waals surface area contributed by atoms with E-state index in [9.17, 15) is 0 Å². The lowest BCUT2D eigenvalue weighted by molar-refractivity contribution is 0.104. The van der Waals surface area contributed by atoms with Crippen molar-refractivity contribution in [2.75, 3.05) is 52.5 Å². The molecule has 0 aromatic rings. The minimum atomic E-state index is 0.870. The fourth-order valence-corrected chi connectivity index (χ4v) is 3.36. The van der Waals surface area contributed by atoms with Crippen molar-refractivity contribution in [1.29, 1.82) is 0 Å². The third-order valence-electron chi connectivity index (χ3n) is 4.76. The van der Waals surface area contributed by atoms with Crippen molar-refractivity contribution in [3.8, 4) is 0 Å². The summed E-state index contributed by atoms with van der Waals surface area (Å²) in [5.41, 5.74) is 0. The van der Waals surface area contributed by atoms with E-state index in [4.69, 9.17) is 4.74 Å². The summed E-state index contributed by atoms with van der Waals surface area (Å²) < 4.78 is 5.47. The molecule has 3 nitrogen and oxygen atoms in total. The topological polar surface area (TPSA) is 15.7 Å². The van der Waals surface area contributed by atoms with Crippen molar-refractivity contribution in [3.63, 3.8) is 0 Å². The second kappa shape index (κ2) is 8.93. The van der Waals surface area contributed by atoms with Gasteiger partial charge in [-0.15, -0.1) is 0 Å². The van der Waals surface area contributed by atoms with E-state index in [2.05, 4.69) is 16.7 Å². The molecule has 0 bridgehead atoms. The van der Waals surface area contributed by atoms with Gasteiger partial charge in [0.2, 0.25) is 0 Å². The first kappa shape index (κ1) is 15.3. The molecule has 3 heteroatoms. The van der Waals surface area contributed by atoms with Crippen LogP contribution in [0.4, 0.5) is 0 Å². The zero-order chi connectivity index (χ0) is 13.3. The minimum Gasteiger partial charge on any atom is -0.382 e. The Hall–Kier alpha value is -0.120. The summed E-state index contributed by atoms with van der Waals surface area (Å²) in [7, 11) is 0. The average molecular weight is 268 g/mol. The number of hydrogen-bond acceptors (Lipinski definition) is 3. The number of likely N-dealkylation sites (tertiary alicyclic amines) is 2. The Balaban J connectivity index is 1.53. The molecule has 0 atom stereocenters. The van der Waals surface area contributed by atoms with Crippen LogP contribution in [0, 0.1) is 5.92 Å². The highest BCUT2D eigenvalue weighted by atomic mass is 16.5. The van der Waals surface area contributed by atoms with Gasteiger partial charge < -0.3 is 14.5 Å². The van der Waals surface area contributed by atoms with Gasteiger partial charge in [-0.05, 0) is 71.1 Å². The zero-order valence-corrected chi connectivity index (χ0v) is 12.8. The summed E-state index contributed by atoms with van der Waals surface area (Å²) in [6.45, 7) is 11.8. The van der Waals surface area contributed by atoms with Crippen LogP contribution in [0.25, 0.3) is 0 Å². The average Bonchev–Trinajstić information content (AvgIpc) is 2.48. The van der Waals surface area contributed by atoms with Gasteiger partial charge in [0.1, 0.15) is 0 Å². The van der Waals surface area contributed by atoms with E-state index in [-0.39, 0.29) is 0 Å². The molecule has 0 unspecified atom stereocenters. The fraction of sp³-hybridized carbons (Fsp3) is 1.00. The van der Waals surface area contributed by atoms with Gasteiger partial charge >= 0.3 is 0 Å². The second-order valence-electron chi connectivity index (χ2n) is 6.17. The molecule has 2 aliphatic rings. The summed E-state index contributed by atoms with van der Waals surface area (Å²) in [5.74, 6) is 0.915. The van der Waals surface area contributed by atoms with Crippen LogP contribution >= 0.6 is 0 Å². The molecule has 0 aromatic carbocycles. The molecule has 0 aliphatic carbocycles. The monoisotopic (exact) mass is 268 g/mol. The molecule has 0 saturated carbocycles. The molecular weight excluding hydrogens is 236 g/mol. The third kappa shape index (κ3) is 5.80. The molecule has 2 aliphatic heterocycles. The third-order valence-corrected chi connectivity index (χ3v) is 4.76. The molecule has 112 valence electrons. The van der Waals surface area contributed by atoms with Gasteiger partial charge in [0.05, 0.1) is 0 Å². The van der Waals surface area contributed by atoms with Gasteiger partial charge in [-0.25, -0.2) is 0 Å². The normalized spacial score (nSPS) is 23.8. The number of ether oxygens (including phenoxy) is 1. The first-order valence-corrected chi connectivity index (χ1v) is 8.41. The molecule has 2 heterocycles. The highest BCUT2D eigenvalue weighted by Crippen LogP contribution is 2.20. The van der Waals surface area contributed by atoms with Crippen molar-refractivity contribution < 1.29 is 4.74 Å². The lowest BCUT2D eigenvalue weighted by Crippen LogP contribution is -2.41.